The summed E-state index contributed by atoms with van der Waals surface area (Å²) in [6.45, 7) is 7.84. The second-order valence-corrected chi connectivity index (χ2v) is 7.82. The minimum Gasteiger partial charge on any atom is -0.497 e. The fraction of sp³-hybridized carbons (Fsp3) is 0.333. The number of hydrogen-bond acceptors (Lipinski definition) is 4. The highest BCUT2D eigenvalue weighted by Crippen LogP contribution is 2.33. The lowest BCUT2D eigenvalue weighted by Gasteiger charge is -2.30. The van der Waals surface area contributed by atoms with E-state index in [1.54, 1.807) is 45.2 Å². The van der Waals surface area contributed by atoms with Gasteiger partial charge in [-0.25, -0.2) is 9.59 Å². The molecule has 0 fully saturated rings. The Hall–Kier alpha value is -3.28. The Labute approximate surface area is 177 Å². The molecule has 0 saturated carbocycles. The van der Waals surface area contributed by atoms with Crippen molar-refractivity contribution in [3.63, 3.8) is 0 Å². The van der Waals surface area contributed by atoms with Crippen LogP contribution in [0.1, 0.15) is 56.3 Å². The van der Waals surface area contributed by atoms with Crippen molar-refractivity contribution < 1.29 is 19.1 Å². The van der Waals surface area contributed by atoms with Crippen LogP contribution in [-0.2, 0) is 9.53 Å². The topological polar surface area (TPSA) is 76.7 Å². The van der Waals surface area contributed by atoms with Crippen molar-refractivity contribution in [2.45, 2.75) is 45.8 Å². The van der Waals surface area contributed by atoms with Gasteiger partial charge in [-0.3, -0.25) is 0 Å². The fourth-order valence-corrected chi connectivity index (χ4v) is 3.37. The molecule has 1 atom stereocenters. The van der Waals surface area contributed by atoms with Gasteiger partial charge >= 0.3 is 12.0 Å². The molecular formula is C24H28N2O4. The minimum atomic E-state index is -0.622. The Kier molecular flexibility index (Phi) is 6.45. The standard InChI is InChI=1S/C24H28N2O4/c1-14(2)16-6-8-17(9-7-16)21-20(23(27)30-15(3)4)22(26-24(28)25-21)18-10-12-19(29-5)13-11-18/h6-15,21H,1-5H3,(H2,25,26,28). The Balaban J connectivity index is 2.12. The smallest absolute Gasteiger partial charge is 0.338 e. The molecular weight excluding hydrogens is 380 g/mol. The summed E-state index contributed by atoms with van der Waals surface area (Å²) in [5, 5.41) is 5.67. The molecule has 1 unspecified atom stereocenters. The summed E-state index contributed by atoms with van der Waals surface area (Å²) < 4.78 is 10.7. The molecule has 3 rings (SSSR count). The highest BCUT2D eigenvalue weighted by atomic mass is 16.5. The highest BCUT2D eigenvalue weighted by Gasteiger charge is 2.34. The first-order chi connectivity index (χ1) is 14.3. The van der Waals surface area contributed by atoms with Crippen molar-refractivity contribution in [1.29, 1.82) is 0 Å². The van der Waals surface area contributed by atoms with Crippen LogP contribution in [0.15, 0.2) is 54.1 Å². The average Bonchev–Trinajstić information content (AvgIpc) is 2.72. The minimum absolute atomic E-state index is 0.288. The Bertz CT molecular complexity index is 944. The number of methoxy groups -OCH3 is 1. The largest absolute Gasteiger partial charge is 0.497 e. The van der Waals surface area contributed by atoms with Crippen molar-refractivity contribution in [2.24, 2.45) is 0 Å². The summed E-state index contributed by atoms with van der Waals surface area (Å²) in [4.78, 5) is 25.6. The van der Waals surface area contributed by atoms with Gasteiger partial charge in [0.1, 0.15) is 5.75 Å². The second kappa shape index (κ2) is 9.03. The maximum Gasteiger partial charge on any atom is 0.338 e. The van der Waals surface area contributed by atoms with Crippen LogP contribution in [-0.4, -0.2) is 25.2 Å². The number of carbonyl (C=O) groups is 2. The van der Waals surface area contributed by atoms with Gasteiger partial charge in [-0.2, -0.15) is 0 Å². The van der Waals surface area contributed by atoms with Crippen LogP contribution in [0.25, 0.3) is 5.70 Å². The summed E-state index contributed by atoms with van der Waals surface area (Å²) in [7, 11) is 1.59. The molecule has 0 bridgehead atoms. The van der Waals surface area contributed by atoms with E-state index >= 15 is 0 Å². The zero-order valence-corrected chi connectivity index (χ0v) is 18.0. The number of carbonyl (C=O) groups excluding carboxylic acids is 2. The Morgan fingerprint density at radius 3 is 2.13 bits per heavy atom. The third-order valence-corrected chi connectivity index (χ3v) is 4.95. The van der Waals surface area contributed by atoms with Gasteiger partial charge in [-0.1, -0.05) is 38.1 Å². The number of hydrogen-bond donors (Lipinski definition) is 2. The molecule has 2 aromatic carbocycles. The van der Waals surface area contributed by atoms with Crippen molar-refractivity contribution >= 4 is 17.7 Å². The summed E-state index contributed by atoms with van der Waals surface area (Å²) in [6.07, 6.45) is -0.288. The molecule has 1 heterocycles. The van der Waals surface area contributed by atoms with E-state index in [1.807, 2.05) is 24.3 Å². The summed E-state index contributed by atoms with van der Waals surface area (Å²) in [6, 6.07) is 14.1. The second-order valence-electron chi connectivity index (χ2n) is 7.82. The van der Waals surface area contributed by atoms with Gasteiger partial charge in [0, 0.05) is 0 Å². The van der Waals surface area contributed by atoms with Crippen LogP contribution in [0.4, 0.5) is 4.79 Å². The van der Waals surface area contributed by atoms with E-state index in [-0.39, 0.29) is 12.1 Å². The lowest BCUT2D eigenvalue weighted by atomic mass is 9.91. The number of benzene rings is 2. The van der Waals surface area contributed by atoms with E-state index in [4.69, 9.17) is 9.47 Å². The highest BCUT2D eigenvalue weighted by molar-refractivity contribution is 6.04. The van der Waals surface area contributed by atoms with Gasteiger partial charge in [-0.15, -0.1) is 0 Å². The van der Waals surface area contributed by atoms with E-state index < -0.39 is 12.0 Å². The van der Waals surface area contributed by atoms with Gasteiger partial charge in [-0.05, 0) is 60.7 Å². The molecule has 30 heavy (non-hydrogen) atoms. The quantitative estimate of drug-likeness (QED) is 0.688. The first-order valence-corrected chi connectivity index (χ1v) is 10.1. The molecule has 0 radical (unpaired) electrons. The zero-order valence-electron chi connectivity index (χ0n) is 18.0. The third kappa shape index (κ3) is 4.64. The number of urea groups is 1. The molecule has 6 heteroatoms. The van der Waals surface area contributed by atoms with Crippen LogP contribution >= 0.6 is 0 Å². The SMILES string of the molecule is COc1ccc(C2=C(C(=O)OC(C)C)C(c3ccc(C(C)C)cc3)NC(=O)N2)cc1. The van der Waals surface area contributed by atoms with Gasteiger partial charge in [0.25, 0.3) is 0 Å². The van der Waals surface area contributed by atoms with Crippen molar-refractivity contribution in [1.82, 2.24) is 10.6 Å². The van der Waals surface area contributed by atoms with Crippen LogP contribution in [0.2, 0.25) is 0 Å². The zero-order chi connectivity index (χ0) is 21.8. The van der Waals surface area contributed by atoms with Crippen LogP contribution < -0.4 is 15.4 Å². The van der Waals surface area contributed by atoms with Crippen molar-refractivity contribution in [2.75, 3.05) is 7.11 Å². The number of ether oxygens (including phenoxy) is 2. The molecule has 1 aliphatic rings. The molecule has 2 N–H and O–H groups in total. The van der Waals surface area contributed by atoms with Gasteiger partial charge in [0.15, 0.2) is 0 Å². The predicted octanol–water partition coefficient (Wildman–Crippen LogP) is 4.54. The van der Waals surface area contributed by atoms with E-state index in [0.29, 0.717) is 28.5 Å². The van der Waals surface area contributed by atoms with Crippen LogP contribution in [0.5, 0.6) is 5.75 Å². The van der Waals surface area contributed by atoms with Gasteiger partial charge in [0.2, 0.25) is 0 Å². The number of nitrogens with one attached hydrogen (secondary N) is 2. The lowest BCUT2D eigenvalue weighted by molar-refractivity contribution is -0.143. The maximum absolute atomic E-state index is 13.1. The van der Waals surface area contributed by atoms with Crippen molar-refractivity contribution in [3.8, 4) is 5.75 Å². The molecule has 0 spiro atoms. The van der Waals surface area contributed by atoms with Crippen LogP contribution in [0.3, 0.4) is 0 Å². The van der Waals surface area contributed by atoms with Gasteiger partial charge in [0.05, 0.1) is 30.5 Å². The molecule has 1 aliphatic heterocycles. The summed E-state index contributed by atoms with van der Waals surface area (Å²) in [5.41, 5.74) is 3.50. The number of amides is 2. The third-order valence-electron chi connectivity index (χ3n) is 4.95. The molecule has 158 valence electrons. The Morgan fingerprint density at radius 1 is 0.967 bits per heavy atom. The molecule has 0 aromatic heterocycles. The normalized spacial score (nSPS) is 16.4. The van der Waals surface area contributed by atoms with Crippen molar-refractivity contribution in [3.05, 3.63) is 70.8 Å². The van der Waals surface area contributed by atoms with Crippen LogP contribution in [0, 0.1) is 0 Å². The maximum atomic E-state index is 13.1. The number of rotatable bonds is 6. The van der Waals surface area contributed by atoms with E-state index in [2.05, 4.69) is 24.5 Å². The first kappa shape index (κ1) is 21.4. The van der Waals surface area contributed by atoms with E-state index in [9.17, 15) is 9.59 Å². The molecule has 6 nitrogen and oxygen atoms in total. The summed E-state index contributed by atoms with van der Waals surface area (Å²) in [5.74, 6) is 0.602. The number of esters is 1. The Morgan fingerprint density at radius 2 is 1.60 bits per heavy atom. The predicted molar refractivity (Wildman–Crippen MR) is 116 cm³/mol. The monoisotopic (exact) mass is 408 g/mol. The lowest BCUT2D eigenvalue weighted by Crippen LogP contribution is -2.45. The molecule has 0 saturated heterocycles. The van der Waals surface area contributed by atoms with Gasteiger partial charge < -0.3 is 20.1 Å². The van der Waals surface area contributed by atoms with E-state index in [0.717, 1.165) is 5.56 Å². The average molecular weight is 408 g/mol. The van der Waals surface area contributed by atoms with E-state index in [1.165, 1.54) is 5.56 Å². The fourth-order valence-electron chi connectivity index (χ4n) is 3.37. The molecule has 2 aromatic rings. The summed E-state index contributed by atoms with van der Waals surface area (Å²) >= 11 is 0. The molecule has 0 aliphatic carbocycles. The molecule has 2 amide bonds. The first-order valence-electron chi connectivity index (χ1n) is 10.1.